The maximum atomic E-state index is 10.5. The Labute approximate surface area is 108 Å². The van der Waals surface area contributed by atoms with Gasteiger partial charge in [-0.15, -0.1) is 0 Å². The number of hydrogen-bond donors (Lipinski definition) is 2. The van der Waals surface area contributed by atoms with Crippen LogP contribution in [0.2, 0.25) is 0 Å². The molecule has 2 unspecified atom stereocenters. The zero-order valence-corrected chi connectivity index (χ0v) is 10.9. The third-order valence-electron chi connectivity index (χ3n) is 3.65. The molecule has 1 fully saturated rings. The van der Waals surface area contributed by atoms with E-state index in [0.29, 0.717) is 13.0 Å². The molecule has 4 nitrogen and oxygen atoms in total. The Hall–Kier alpha value is -0.940. The monoisotopic (exact) mass is 250 g/mol. The van der Waals surface area contributed by atoms with E-state index in [4.69, 9.17) is 10.5 Å². The van der Waals surface area contributed by atoms with Gasteiger partial charge in [-0.2, -0.15) is 0 Å². The van der Waals surface area contributed by atoms with Gasteiger partial charge in [-0.05, 0) is 19.0 Å². The van der Waals surface area contributed by atoms with E-state index in [-0.39, 0.29) is 12.6 Å². The first-order chi connectivity index (χ1) is 8.64. The summed E-state index contributed by atoms with van der Waals surface area (Å²) in [5.41, 5.74) is 5.92. The molecule has 2 atom stereocenters. The summed E-state index contributed by atoms with van der Waals surface area (Å²) < 4.78 is 5.87. The standard InChI is InChI=1S/C14H22N2O2/c1-16-8-7-14(17,11-15)13(9-16)18-10-12-5-3-2-4-6-12/h2-6,13,17H,7-11,15H2,1H3. The maximum absolute atomic E-state index is 10.5. The van der Waals surface area contributed by atoms with Crippen molar-refractivity contribution >= 4 is 0 Å². The molecule has 0 radical (unpaired) electrons. The molecule has 1 aromatic rings. The minimum absolute atomic E-state index is 0.221. The molecule has 0 saturated carbocycles. The molecule has 100 valence electrons. The largest absolute Gasteiger partial charge is 0.386 e. The number of nitrogens with zero attached hydrogens (tertiary/aromatic N) is 1. The quantitative estimate of drug-likeness (QED) is 0.821. The summed E-state index contributed by atoms with van der Waals surface area (Å²) in [5.74, 6) is 0. The van der Waals surface area contributed by atoms with Crippen molar-refractivity contribution in [1.82, 2.24) is 4.90 Å². The van der Waals surface area contributed by atoms with Crippen molar-refractivity contribution < 1.29 is 9.84 Å². The van der Waals surface area contributed by atoms with E-state index in [2.05, 4.69) is 4.90 Å². The predicted molar refractivity (Wildman–Crippen MR) is 71.1 cm³/mol. The van der Waals surface area contributed by atoms with E-state index in [1.807, 2.05) is 37.4 Å². The van der Waals surface area contributed by atoms with Gasteiger partial charge in [0.2, 0.25) is 0 Å². The summed E-state index contributed by atoms with van der Waals surface area (Å²) in [4.78, 5) is 2.17. The van der Waals surface area contributed by atoms with Gasteiger partial charge in [0.25, 0.3) is 0 Å². The predicted octanol–water partition coefficient (Wildman–Crippen LogP) is 0.597. The third kappa shape index (κ3) is 3.09. The van der Waals surface area contributed by atoms with Gasteiger partial charge in [0.15, 0.2) is 0 Å². The van der Waals surface area contributed by atoms with E-state index < -0.39 is 5.60 Å². The first-order valence-corrected chi connectivity index (χ1v) is 6.40. The van der Waals surface area contributed by atoms with Crippen LogP contribution in [0.1, 0.15) is 12.0 Å². The fraction of sp³-hybridized carbons (Fsp3) is 0.571. The number of piperidine rings is 1. The van der Waals surface area contributed by atoms with Gasteiger partial charge < -0.3 is 20.5 Å². The first kappa shape index (κ1) is 13.5. The minimum Gasteiger partial charge on any atom is -0.386 e. The molecule has 4 heteroatoms. The van der Waals surface area contributed by atoms with Crippen molar-refractivity contribution in [2.75, 3.05) is 26.7 Å². The van der Waals surface area contributed by atoms with Gasteiger partial charge >= 0.3 is 0 Å². The zero-order valence-electron chi connectivity index (χ0n) is 10.9. The van der Waals surface area contributed by atoms with Crippen molar-refractivity contribution in [1.29, 1.82) is 0 Å². The molecule has 1 aliphatic heterocycles. The smallest absolute Gasteiger partial charge is 0.105 e. The molecule has 0 spiro atoms. The van der Waals surface area contributed by atoms with Crippen molar-refractivity contribution in [3.63, 3.8) is 0 Å². The van der Waals surface area contributed by atoms with E-state index >= 15 is 0 Å². The van der Waals surface area contributed by atoms with Crippen LogP contribution in [-0.2, 0) is 11.3 Å². The van der Waals surface area contributed by atoms with Crippen LogP contribution in [0.15, 0.2) is 30.3 Å². The number of rotatable bonds is 4. The highest BCUT2D eigenvalue weighted by molar-refractivity contribution is 5.13. The number of ether oxygens (including phenoxy) is 1. The van der Waals surface area contributed by atoms with Crippen LogP contribution in [0.25, 0.3) is 0 Å². The molecular weight excluding hydrogens is 228 g/mol. The lowest BCUT2D eigenvalue weighted by atomic mass is 9.89. The fourth-order valence-electron chi connectivity index (χ4n) is 2.30. The SMILES string of the molecule is CN1CCC(O)(CN)C(OCc2ccccc2)C1. The van der Waals surface area contributed by atoms with Crippen molar-refractivity contribution in [2.45, 2.75) is 24.7 Å². The normalized spacial score (nSPS) is 29.4. The molecule has 0 bridgehead atoms. The summed E-state index contributed by atoms with van der Waals surface area (Å²) in [5, 5.41) is 10.5. The Balaban J connectivity index is 1.97. The van der Waals surface area contributed by atoms with Crippen molar-refractivity contribution in [3.05, 3.63) is 35.9 Å². The van der Waals surface area contributed by atoms with E-state index in [0.717, 1.165) is 18.7 Å². The Bertz CT molecular complexity index is 371. The second-order valence-corrected chi connectivity index (χ2v) is 5.11. The molecule has 0 aliphatic carbocycles. The molecule has 3 N–H and O–H groups in total. The Morgan fingerprint density at radius 2 is 2.17 bits per heavy atom. The van der Waals surface area contributed by atoms with Gasteiger partial charge in [-0.3, -0.25) is 0 Å². The molecule has 1 aliphatic rings. The summed E-state index contributed by atoms with van der Waals surface area (Å²) in [6.45, 7) is 2.35. The van der Waals surface area contributed by atoms with Crippen LogP contribution in [0.3, 0.4) is 0 Å². The van der Waals surface area contributed by atoms with Gasteiger partial charge in [0.1, 0.15) is 11.7 Å². The summed E-state index contributed by atoms with van der Waals surface area (Å²) >= 11 is 0. The van der Waals surface area contributed by atoms with E-state index in [1.165, 1.54) is 0 Å². The van der Waals surface area contributed by atoms with E-state index in [9.17, 15) is 5.11 Å². The molecule has 0 aromatic heterocycles. The molecule has 1 saturated heterocycles. The van der Waals surface area contributed by atoms with Crippen LogP contribution in [0.4, 0.5) is 0 Å². The fourth-order valence-corrected chi connectivity index (χ4v) is 2.30. The zero-order chi connectivity index (χ0) is 13.0. The van der Waals surface area contributed by atoms with Crippen molar-refractivity contribution in [3.8, 4) is 0 Å². The average Bonchev–Trinajstić information content (AvgIpc) is 2.41. The number of likely N-dealkylation sites (tertiary alicyclic amines) is 1. The maximum Gasteiger partial charge on any atom is 0.105 e. The third-order valence-corrected chi connectivity index (χ3v) is 3.65. The van der Waals surface area contributed by atoms with Crippen LogP contribution >= 0.6 is 0 Å². The van der Waals surface area contributed by atoms with Crippen LogP contribution < -0.4 is 5.73 Å². The van der Waals surface area contributed by atoms with Gasteiger partial charge in [0.05, 0.1) is 6.61 Å². The highest BCUT2D eigenvalue weighted by atomic mass is 16.5. The highest BCUT2D eigenvalue weighted by Gasteiger charge is 2.40. The second-order valence-electron chi connectivity index (χ2n) is 5.11. The lowest BCUT2D eigenvalue weighted by molar-refractivity contribution is -0.143. The Kier molecular flexibility index (Phi) is 4.35. The number of hydrogen-bond acceptors (Lipinski definition) is 4. The molecule has 1 heterocycles. The number of likely N-dealkylation sites (N-methyl/N-ethyl adjacent to an activating group) is 1. The van der Waals surface area contributed by atoms with Crippen LogP contribution in [-0.4, -0.2) is 48.4 Å². The Morgan fingerprint density at radius 1 is 1.44 bits per heavy atom. The molecular formula is C14H22N2O2. The van der Waals surface area contributed by atoms with Gasteiger partial charge in [-0.1, -0.05) is 30.3 Å². The van der Waals surface area contributed by atoms with Crippen LogP contribution in [0.5, 0.6) is 0 Å². The summed E-state index contributed by atoms with van der Waals surface area (Å²) in [6.07, 6.45) is 0.445. The molecule has 18 heavy (non-hydrogen) atoms. The lowest BCUT2D eigenvalue weighted by Crippen LogP contribution is -2.59. The van der Waals surface area contributed by atoms with Gasteiger partial charge in [0, 0.05) is 19.6 Å². The van der Waals surface area contributed by atoms with Crippen LogP contribution in [0, 0.1) is 0 Å². The molecule has 2 rings (SSSR count). The van der Waals surface area contributed by atoms with E-state index in [1.54, 1.807) is 0 Å². The molecule has 0 amide bonds. The summed E-state index contributed by atoms with van der Waals surface area (Å²) in [6, 6.07) is 10.00. The minimum atomic E-state index is -0.888. The summed E-state index contributed by atoms with van der Waals surface area (Å²) in [7, 11) is 2.04. The number of benzene rings is 1. The second kappa shape index (κ2) is 5.80. The number of nitrogens with two attached hydrogens (primary N) is 1. The molecule has 1 aromatic carbocycles. The lowest BCUT2D eigenvalue weighted by Gasteiger charge is -2.42. The topological polar surface area (TPSA) is 58.7 Å². The first-order valence-electron chi connectivity index (χ1n) is 6.40. The average molecular weight is 250 g/mol. The number of aliphatic hydroxyl groups is 1. The Morgan fingerprint density at radius 3 is 2.83 bits per heavy atom. The van der Waals surface area contributed by atoms with Gasteiger partial charge in [-0.25, -0.2) is 0 Å². The highest BCUT2D eigenvalue weighted by Crippen LogP contribution is 2.24. The van der Waals surface area contributed by atoms with Crippen molar-refractivity contribution in [2.24, 2.45) is 5.73 Å².